The average Bonchev–Trinajstić information content (AvgIpc) is 2.24. The van der Waals surface area contributed by atoms with Gasteiger partial charge < -0.3 is 15.9 Å². The molecule has 0 aromatic heterocycles. The Morgan fingerprint density at radius 2 is 1.48 bits per heavy atom. The zero-order chi connectivity index (χ0) is 16.6. The highest BCUT2D eigenvalue weighted by Gasteiger charge is 2.27. The largest absolute Gasteiger partial charge is 0.507 e. The van der Waals surface area contributed by atoms with Crippen molar-refractivity contribution in [2.24, 2.45) is 5.73 Å². The Morgan fingerprint density at radius 1 is 1.10 bits per heavy atom. The number of aromatic hydroxyl groups is 1. The number of phenols is 1. The van der Waals surface area contributed by atoms with E-state index < -0.39 is 12.0 Å². The normalized spacial score (nSPS) is 14.0. The minimum Gasteiger partial charge on any atom is -0.507 e. The van der Waals surface area contributed by atoms with E-state index >= 15 is 0 Å². The van der Waals surface area contributed by atoms with Crippen LogP contribution in [-0.4, -0.2) is 16.2 Å². The van der Waals surface area contributed by atoms with Crippen molar-refractivity contribution in [3.63, 3.8) is 0 Å². The van der Waals surface area contributed by atoms with Crippen molar-refractivity contribution in [2.75, 3.05) is 0 Å². The maximum atomic E-state index is 10.9. The lowest BCUT2D eigenvalue weighted by Crippen LogP contribution is -2.21. The summed E-state index contributed by atoms with van der Waals surface area (Å²) >= 11 is 0. The summed E-state index contributed by atoms with van der Waals surface area (Å²) in [6.07, 6.45) is -0.127. The molecule has 0 spiro atoms. The van der Waals surface area contributed by atoms with Crippen LogP contribution in [0.5, 0.6) is 5.75 Å². The van der Waals surface area contributed by atoms with Crippen molar-refractivity contribution in [2.45, 2.75) is 64.8 Å². The van der Waals surface area contributed by atoms with Gasteiger partial charge in [-0.3, -0.25) is 4.79 Å². The summed E-state index contributed by atoms with van der Waals surface area (Å²) in [7, 11) is 0. The summed E-state index contributed by atoms with van der Waals surface area (Å²) in [5.74, 6) is -0.647. The lowest BCUT2D eigenvalue weighted by atomic mass is 9.77. The summed E-state index contributed by atoms with van der Waals surface area (Å²) < 4.78 is 0. The molecule has 0 saturated heterocycles. The Hall–Kier alpha value is -1.55. The predicted molar refractivity (Wildman–Crippen MR) is 84.7 cm³/mol. The van der Waals surface area contributed by atoms with E-state index in [9.17, 15) is 9.90 Å². The van der Waals surface area contributed by atoms with Gasteiger partial charge in [-0.15, -0.1) is 0 Å². The zero-order valence-corrected chi connectivity index (χ0v) is 13.8. The number of hydrogen-bond acceptors (Lipinski definition) is 3. The number of benzene rings is 1. The number of carboxylic acids is 1. The second-order valence-corrected chi connectivity index (χ2v) is 7.67. The van der Waals surface area contributed by atoms with Gasteiger partial charge in [0, 0.05) is 6.04 Å². The van der Waals surface area contributed by atoms with Crippen LogP contribution in [0.25, 0.3) is 0 Å². The van der Waals surface area contributed by atoms with Gasteiger partial charge in [-0.1, -0.05) is 41.5 Å². The summed E-state index contributed by atoms with van der Waals surface area (Å²) in [4.78, 5) is 10.9. The molecule has 1 rings (SSSR count). The van der Waals surface area contributed by atoms with Crippen molar-refractivity contribution in [1.82, 2.24) is 0 Å². The van der Waals surface area contributed by atoms with Gasteiger partial charge in [0.2, 0.25) is 0 Å². The minimum atomic E-state index is -0.926. The number of carbonyl (C=O) groups is 1. The smallest absolute Gasteiger partial charge is 0.305 e. The summed E-state index contributed by atoms with van der Waals surface area (Å²) in [5, 5.41) is 19.5. The predicted octanol–water partition coefficient (Wildman–Crippen LogP) is 3.46. The highest BCUT2D eigenvalue weighted by atomic mass is 16.4. The molecule has 118 valence electrons. The van der Waals surface area contributed by atoms with Crippen LogP contribution in [0.1, 0.15) is 70.7 Å². The van der Waals surface area contributed by atoms with Crippen LogP contribution in [0.2, 0.25) is 0 Å². The molecule has 0 unspecified atom stereocenters. The maximum absolute atomic E-state index is 10.9. The van der Waals surface area contributed by atoms with Crippen LogP contribution in [0, 0.1) is 0 Å². The van der Waals surface area contributed by atoms with Gasteiger partial charge in [0.05, 0.1) is 6.42 Å². The second-order valence-electron chi connectivity index (χ2n) is 7.67. The molecule has 0 fully saturated rings. The highest BCUT2D eigenvalue weighted by Crippen LogP contribution is 2.40. The molecular formula is C17H27NO3. The third kappa shape index (κ3) is 4.21. The van der Waals surface area contributed by atoms with Gasteiger partial charge in [-0.25, -0.2) is 0 Å². The zero-order valence-electron chi connectivity index (χ0n) is 13.8. The van der Waals surface area contributed by atoms with E-state index in [4.69, 9.17) is 10.8 Å². The first-order chi connectivity index (χ1) is 9.34. The van der Waals surface area contributed by atoms with E-state index in [1.165, 1.54) is 0 Å². The van der Waals surface area contributed by atoms with E-state index in [1.54, 1.807) is 0 Å². The van der Waals surface area contributed by atoms with Gasteiger partial charge >= 0.3 is 5.97 Å². The summed E-state index contributed by atoms with van der Waals surface area (Å²) in [6.45, 7) is 12.1. The van der Waals surface area contributed by atoms with Crippen molar-refractivity contribution in [1.29, 1.82) is 0 Å². The Kier molecular flexibility index (Phi) is 4.73. The molecule has 0 aliphatic rings. The molecule has 4 N–H and O–H groups in total. The number of aliphatic carboxylic acids is 1. The highest BCUT2D eigenvalue weighted by molar-refractivity contribution is 5.68. The van der Waals surface area contributed by atoms with Gasteiger partial charge in [-0.05, 0) is 39.7 Å². The molecule has 4 heteroatoms. The average molecular weight is 293 g/mol. The van der Waals surface area contributed by atoms with Crippen molar-refractivity contribution >= 4 is 5.97 Å². The molecule has 1 atom stereocenters. The van der Waals surface area contributed by atoms with E-state index in [0.29, 0.717) is 0 Å². The van der Waals surface area contributed by atoms with Crippen LogP contribution < -0.4 is 5.73 Å². The fraction of sp³-hybridized carbons (Fsp3) is 0.588. The van der Waals surface area contributed by atoms with E-state index in [-0.39, 0.29) is 23.0 Å². The van der Waals surface area contributed by atoms with Crippen molar-refractivity contribution < 1.29 is 15.0 Å². The molecule has 0 radical (unpaired) electrons. The monoisotopic (exact) mass is 293 g/mol. The summed E-state index contributed by atoms with van der Waals surface area (Å²) in [5.41, 5.74) is 7.86. The third-order valence-corrected chi connectivity index (χ3v) is 3.57. The molecule has 1 aromatic carbocycles. The lowest BCUT2D eigenvalue weighted by molar-refractivity contribution is -0.137. The molecule has 0 heterocycles. The number of rotatable bonds is 3. The van der Waals surface area contributed by atoms with Gasteiger partial charge in [0.15, 0.2) is 0 Å². The molecule has 0 saturated carbocycles. The first-order valence-electron chi connectivity index (χ1n) is 7.19. The molecule has 21 heavy (non-hydrogen) atoms. The molecule has 0 aliphatic heterocycles. The number of phenolic OH excluding ortho intramolecular Hbond substituents is 1. The first-order valence-corrected chi connectivity index (χ1v) is 7.19. The SMILES string of the molecule is CC(C)(C)c1cc([C@@H](N)CC(=O)O)cc(C(C)(C)C)c1O. The van der Waals surface area contributed by atoms with Gasteiger partial charge in [0.1, 0.15) is 5.75 Å². The molecule has 0 bridgehead atoms. The second kappa shape index (κ2) is 5.68. The van der Waals surface area contributed by atoms with Crippen LogP contribution >= 0.6 is 0 Å². The number of nitrogens with two attached hydrogens (primary N) is 1. The van der Waals surface area contributed by atoms with Gasteiger partial charge in [0.25, 0.3) is 0 Å². The molecule has 4 nitrogen and oxygen atoms in total. The fourth-order valence-corrected chi connectivity index (χ4v) is 2.32. The van der Waals surface area contributed by atoms with E-state index in [2.05, 4.69) is 0 Å². The molecule has 1 aromatic rings. The maximum Gasteiger partial charge on any atom is 0.305 e. The molecule has 0 amide bonds. The van der Waals surface area contributed by atoms with Gasteiger partial charge in [-0.2, -0.15) is 0 Å². The third-order valence-electron chi connectivity index (χ3n) is 3.57. The van der Waals surface area contributed by atoms with Crippen LogP contribution in [-0.2, 0) is 15.6 Å². The van der Waals surface area contributed by atoms with E-state index in [0.717, 1.165) is 16.7 Å². The van der Waals surface area contributed by atoms with Crippen LogP contribution in [0.4, 0.5) is 0 Å². The summed E-state index contributed by atoms with van der Waals surface area (Å²) in [6, 6.07) is 3.08. The quantitative estimate of drug-likeness (QED) is 0.797. The lowest BCUT2D eigenvalue weighted by Gasteiger charge is -2.29. The number of carboxylic acid groups (broad SMARTS) is 1. The topological polar surface area (TPSA) is 83.6 Å². The molecular weight excluding hydrogens is 266 g/mol. The Morgan fingerprint density at radius 3 is 1.76 bits per heavy atom. The van der Waals surface area contributed by atoms with Crippen molar-refractivity contribution in [3.8, 4) is 5.75 Å². The Labute approximate surface area is 127 Å². The standard InChI is InChI=1S/C17H27NO3/c1-16(2,3)11-7-10(13(18)9-14(19)20)8-12(15(11)21)17(4,5)6/h7-8,13,21H,9,18H2,1-6H3,(H,19,20)/t13-/m0/s1. The van der Waals surface area contributed by atoms with Crippen LogP contribution in [0.3, 0.4) is 0 Å². The van der Waals surface area contributed by atoms with E-state index in [1.807, 2.05) is 53.7 Å². The number of hydrogen-bond donors (Lipinski definition) is 3. The van der Waals surface area contributed by atoms with Crippen molar-refractivity contribution in [3.05, 3.63) is 28.8 Å². The minimum absolute atomic E-state index is 0.127. The Balaban J connectivity index is 3.51. The molecule has 0 aliphatic carbocycles. The fourth-order valence-electron chi connectivity index (χ4n) is 2.32. The van der Waals surface area contributed by atoms with Crippen LogP contribution in [0.15, 0.2) is 12.1 Å². The Bertz CT molecular complexity index is 501. The first kappa shape index (κ1) is 17.5.